The molecule has 2 aromatic carbocycles. The van der Waals surface area contributed by atoms with Crippen LogP contribution in [0.15, 0.2) is 54.5 Å². The van der Waals surface area contributed by atoms with Gasteiger partial charge in [0.1, 0.15) is 0 Å². The number of benzene rings is 2. The maximum absolute atomic E-state index is 7.83. The molecule has 1 heteroatoms. The van der Waals surface area contributed by atoms with Crippen LogP contribution >= 0.6 is 11.6 Å². The van der Waals surface area contributed by atoms with Crippen LogP contribution in [0.5, 0.6) is 0 Å². The first kappa shape index (κ1) is 4.30. The highest BCUT2D eigenvalue weighted by atomic mass is 35.5. The maximum atomic E-state index is 7.83. The van der Waals surface area contributed by atoms with E-state index in [9.17, 15) is 0 Å². The first-order valence-corrected chi connectivity index (χ1v) is 4.14. The zero-order chi connectivity index (χ0) is 13.4. The fraction of sp³-hybridized carbons (Fsp3) is 0. The topological polar surface area (TPSA) is 0 Å². The van der Waals surface area contributed by atoms with Crippen molar-refractivity contribution in [2.75, 3.05) is 0 Å². The summed E-state index contributed by atoms with van der Waals surface area (Å²) >= 11 is 5.86. The second kappa shape index (κ2) is 3.63. The fourth-order valence-corrected chi connectivity index (χ4v) is 1.23. The van der Waals surface area contributed by atoms with Crippen molar-refractivity contribution in [1.29, 1.82) is 0 Å². The van der Waals surface area contributed by atoms with Gasteiger partial charge in [0.05, 0.1) is 6.85 Å². The Balaban J connectivity index is 2.80. The third-order valence-electron chi connectivity index (χ3n) is 1.61. The minimum absolute atomic E-state index is 0.170. The van der Waals surface area contributed by atoms with E-state index >= 15 is 0 Å². The Kier molecular flexibility index (Phi) is 1.20. The molecule has 13 heavy (non-hydrogen) atoms. The van der Waals surface area contributed by atoms with E-state index in [2.05, 4.69) is 0 Å². The molecule has 64 valence electrons. The van der Waals surface area contributed by atoms with Crippen molar-refractivity contribution in [1.82, 2.24) is 0 Å². The van der Waals surface area contributed by atoms with Gasteiger partial charge in [0.25, 0.3) is 0 Å². The van der Waals surface area contributed by atoms with E-state index in [0.29, 0.717) is 10.6 Å². The van der Waals surface area contributed by atoms with Crippen molar-refractivity contribution in [3.63, 3.8) is 0 Å². The van der Waals surface area contributed by atoms with Gasteiger partial charge < -0.3 is 0 Å². The van der Waals surface area contributed by atoms with Crippen LogP contribution in [0.3, 0.4) is 0 Å². The highest BCUT2D eigenvalue weighted by Gasteiger charge is 1.95. The Morgan fingerprint density at radius 3 is 2.46 bits per heavy atom. The molecule has 2 aromatic rings. The monoisotopic (exact) mass is 198 g/mol. The molecule has 0 fully saturated rings. The summed E-state index contributed by atoms with van der Waals surface area (Å²) in [6.07, 6.45) is 0. The minimum atomic E-state index is -0.393. The van der Waals surface area contributed by atoms with Gasteiger partial charge in [-0.05, 0) is 23.3 Å². The van der Waals surface area contributed by atoms with Crippen molar-refractivity contribution in [2.45, 2.75) is 0 Å². The lowest BCUT2D eigenvalue weighted by atomic mass is 10.1. The molecule has 0 spiro atoms. The molecule has 2 rings (SSSR count). The smallest absolute Gasteiger partial charge is 0.0629 e. The molecule has 0 amide bonds. The highest BCUT2D eigenvalue weighted by Crippen LogP contribution is 2.21. The largest absolute Gasteiger partial charge is 0.0843 e. The van der Waals surface area contributed by atoms with Gasteiger partial charge in [-0.25, -0.2) is 0 Å². The van der Waals surface area contributed by atoms with Crippen LogP contribution in [0, 0.1) is 0 Å². The third-order valence-corrected chi connectivity index (χ3v) is 1.85. The summed E-state index contributed by atoms with van der Waals surface area (Å²) in [4.78, 5) is 0. The SMILES string of the molecule is [3H]c1c([3H])c([3H])c(-c2cccc(Cl)c2)c([3H])c1[3H]. The van der Waals surface area contributed by atoms with Crippen molar-refractivity contribution >= 4 is 11.6 Å². The molecule has 0 saturated heterocycles. The lowest BCUT2D eigenvalue weighted by Crippen LogP contribution is -1.75. The Morgan fingerprint density at radius 2 is 1.77 bits per heavy atom. The van der Waals surface area contributed by atoms with Gasteiger partial charge in [0.15, 0.2) is 0 Å². The van der Waals surface area contributed by atoms with E-state index in [1.54, 1.807) is 24.3 Å². The summed E-state index contributed by atoms with van der Waals surface area (Å²) in [5.74, 6) is 0. The summed E-state index contributed by atoms with van der Waals surface area (Å²) < 4.78 is 38.4. The van der Waals surface area contributed by atoms with E-state index in [4.69, 9.17) is 18.5 Å². The Morgan fingerprint density at radius 1 is 1.00 bits per heavy atom. The summed E-state index contributed by atoms with van der Waals surface area (Å²) in [5.41, 5.74) is 0.683. The molecule has 0 nitrogen and oxygen atoms in total. The first-order valence-electron chi connectivity index (χ1n) is 6.26. The fourth-order valence-electron chi connectivity index (χ4n) is 1.04. The van der Waals surface area contributed by atoms with Crippen LogP contribution in [-0.4, -0.2) is 0 Å². The average Bonchev–Trinajstić information content (AvgIpc) is 2.34. The molecule has 0 unspecified atom stereocenters. The lowest BCUT2D eigenvalue weighted by Gasteiger charge is -2.00. The van der Waals surface area contributed by atoms with Crippen LogP contribution in [0.1, 0.15) is 6.85 Å². The molecule has 0 aliphatic carbocycles. The zero-order valence-corrected chi connectivity index (χ0v) is 7.44. The van der Waals surface area contributed by atoms with E-state index < -0.39 is 6.04 Å². The van der Waals surface area contributed by atoms with Crippen molar-refractivity contribution in [3.8, 4) is 11.1 Å². The minimum Gasteiger partial charge on any atom is -0.0843 e. The number of hydrogen-bond donors (Lipinski definition) is 0. The van der Waals surface area contributed by atoms with E-state index in [1.165, 1.54) is 0 Å². The number of rotatable bonds is 1. The van der Waals surface area contributed by atoms with Crippen molar-refractivity contribution in [3.05, 3.63) is 59.5 Å². The standard InChI is InChI=1S/C12H9Cl/c13-12-8-4-7-11(9-12)10-5-2-1-3-6-10/h1-9H/i1T,2T,3T,5T,6T. The Labute approximate surface area is 89.8 Å². The van der Waals surface area contributed by atoms with E-state index in [-0.39, 0.29) is 29.7 Å². The third kappa shape index (κ3) is 1.90. The summed E-state index contributed by atoms with van der Waals surface area (Å²) in [5, 5.41) is 0.458. The van der Waals surface area contributed by atoms with Gasteiger partial charge in [-0.1, -0.05) is 53.9 Å². The molecular weight excluding hydrogens is 180 g/mol. The van der Waals surface area contributed by atoms with Gasteiger partial charge in [-0.3, -0.25) is 0 Å². The van der Waals surface area contributed by atoms with Crippen LogP contribution < -0.4 is 0 Å². The predicted octanol–water partition coefficient (Wildman–Crippen LogP) is 4.01. The van der Waals surface area contributed by atoms with Gasteiger partial charge in [0, 0.05) is 5.02 Å². The molecule has 0 N–H and O–H groups in total. The predicted molar refractivity (Wildman–Crippen MR) is 56.9 cm³/mol. The second-order valence-corrected chi connectivity index (χ2v) is 2.95. The van der Waals surface area contributed by atoms with Gasteiger partial charge >= 0.3 is 0 Å². The van der Waals surface area contributed by atoms with E-state index in [0.717, 1.165) is 0 Å². The molecule has 0 aliphatic heterocycles. The second-order valence-electron chi connectivity index (χ2n) is 2.51. The maximum Gasteiger partial charge on any atom is 0.0629 e. The molecule has 0 saturated carbocycles. The Hall–Kier alpha value is -1.27. The summed E-state index contributed by atoms with van der Waals surface area (Å²) in [7, 11) is 0. The van der Waals surface area contributed by atoms with Crippen LogP contribution in [0.25, 0.3) is 11.1 Å². The van der Waals surface area contributed by atoms with Crippen LogP contribution in [0.4, 0.5) is 0 Å². The van der Waals surface area contributed by atoms with Gasteiger partial charge in [-0.15, -0.1) is 0 Å². The van der Waals surface area contributed by atoms with Gasteiger partial charge in [-0.2, -0.15) is 0 Å². The molecule has 0 bridgehead atoms. The van der Waals surface area contributed by atoms with Crippen LogP contribution in [0.2, 0.25) is 5.02 Å². The lowest BCUT2D eigenvalue weighted by molar-refractivity contribution is 1.62. The number of hydrogen-bond acceptors (Lipinski definition) is 0. The quantitative estimate of drug-likeness (QED) is 0.650. The molecule has 0 radical (unpaired) electrons. The van der Waals surface area contributed by atoms with E-state index in [1.807, 2.05) is 0 Å². The van der Waals surface area contributed by atoms with Crippen LogP contribution in [-0.2, 0) is 0 Å². The molecule has 0 atom stereocenters. The summed E-state index contributed by atoms with van der Waals surface area (Å²) in [6, 6.07) is 5.08. The molecule has 0 heterocycles. The first-order chi connectivity index (χ1) is 8.43. The van der Waals surface area contributed by atoms with Crippen molar-refractivity contribution < 1.29 is 6.85 Å². The zero-order valence-electron chi connectivity index (χ0n) is 11.7. The normalized spacial score (nSPS) is 15.3. The highest BCUT2D eigenvalue weighted by molar-refractivity contribution is 6.30. The molecule has 0 aliphatic rings. The molecular formula is C12H9Cl. The average molecular weight is 199 g/mol. The number of halogens is 1. The Bertz CT molecular complexity index is 595. The molecule has 0 aromatic heterocycles. The summed E-state index contributed by atoms with van der Waals surface area (Å²) in [6.45, 7) is 0. The van der Waals surface area contributed by atoms with Gasteiger partial charge in [0.2, 0.25) is 0 Å². The van der Waals surface area contributed by atoms with Crippen molar-refractivity contribution in [2.24, 2.45) is 0 Å².